The van der Waals surface area contributed by atoms with E-state index in [9.17, 15) is 9.59 Å². The van der Waals surface area contributed by atoms with E-state index in [0.717, 1.165) is 32.1 Å². The zero-order chi connectivity index (χ0) is 16.4. The molecule has 0 saturated heterocycles. The van der Waals surface area contributed by atoms with Crippen molar-refractivity contribution in [1.82, 2.24) is 0 Å². The second-order valence-corrected chi connectivity index (χ2v) is 6.81. The standard InChI is InChI=1S/C18H32O4/c1-4-5-6-7-10-21-17(19)8-9-18(20)22-16-12-14(2)11-15(3)13-16/h14-16H,4-13H2,1-3H3. The highest BCUT2D eigenvalue weighted by Gasteiger charge is 2.26. The van der Waals surface area contributed by atoms with E-state index in [1.165, 1.54) is 12.8 Å². The first-order valence-corrected chi connectivity index (χ1v) is 8.86. The van der Waals surface area contributed by atoms with E-state index in [2.05, 4.69) is 20.8 Å². The minimum atomic E-state index is -0.293. The maximum atomic E-state index is 11.8. The Balaban J connectivity index is 2.10. The van der Waals surface area contributed by atoms with Crippen LogP contribution in [-0.2, 0) is 19.1 Å². The summed E-state index contributed by atoms with van der Waals surface area (Å²) >= 11 is 0. The molecule has 0 N–H and O–H groups in total. The Bertz CT molecular complexity index is 330. The average Bonchev–Trinajstić information content (AvgIpc) is 2.44. The van der Waals surface area contributed by atoms with Gasteiger partial charge in [0.15, 0.2) is 0 Å². The highest BCUT2D eigenvalue weighted by molar-refractivity contribution is 5.77. The zero-order valence-corrected chi connectivity index (χ0v) is 14.4. The lowest BCUT2D eigenvalue weighted by Crippen LogP contribution is -2.28. The normalized spacial score (nSPS) is 24.8. The van der Waals surface area contributed by atoms with E-state index in [1.54, 1.807) is 0 Å². The molecule has 22 heavy (non-hydrogen) atoms. The Morgan fingerprint density at radius 3 is 2.18 bits per heavy atom. The number of carbonyl (C=O) groups excluding carboxylic acids is 2. The highest BCUT2D eigenvalue weighted by atomic mass is 16.5. The summed E-state index contributed by atoms with van der Waals surface area (Å²) in [6.45, 7) is 7.01. The van der Waals surface area contributed by atoms with Crippen LogP contribution in [0.2, 0.25) is 0 Å². The number of esters is 2. The molecule has 4 nitrogen and oxygen atoms in total. The molecule has 2 unspecified atom stereocenters. The molecular weight excluding hydrogens is 280 g/mol. The molecule has 128 valence electrons. The first-order chi connectivity index (χ1) is 10.5. The SMILES string of the molecule is CCCCCCOC(=O)CCC(=O)OC1CC(C)CC(C)C1. The molecular formula is C18H32O4. The van der Waals surface area contributed by atoms with Crippen molar-refractivity contribution in [2.24, 2.45) is 11.8 Å². The van der Waals surface area contributed by atoms with Gasteiger partial charge >= 0.3 is 11.9 Å². The summed E-state index contributed by atoms with van der Waals surface area (Å²) < 4.78 is 10.6. The quantitative estimate of drug-likeness (QED) is 0.471. The molecule has 0 amide bonds. The molecule has 1 saturated carbocycles. The topological polar surface area (TPSA) is 52.6 Å². The smallest absolute Gasteiger partial charge is 0.306 e. The van der Waals surface area contributed by atoms with Gasteiger partial charge in [-0.1, -0.05) is 40.0 Å². The number of rotatable bonds is 9. The molecule has 0 aliphatic heterocycles. The van der Waals surface area contributed by atoms with Gasteiger partial charge in [0.25, 0.3) is 0 Å². The van der Waals surface area contributed by atoms with Crippen LogP contribution in [0, 0.1) is 11.8 Å². The van der Waals surface area contributed by atoms with Crippen molar-refractivity contribution in [2.45, 2.75) is 84.7 Å². The molecule has 1 aliphatic carbocycles. The molecule has 2 atom stereocenters. The lowest BCUT2D eigenvalue weighted by molar-refractivity contribution is -0.155. The molecule has 0 bridgehead atoms. The Labute approximate surface area is 134 Å². The molecule has 0 aromatic rings. The number of hydrogen-bond acceptors (Lipinski definition) is 4. The Morgan fingerprint density at radius 2 is 1.55 bits per heavy atom. The van der Waals surface area contributed by atoms with Crippen molar-refractivity contribution in [2.75, 3.05) is 6.61 Å². The van der Waals surface area contributed by atoms with Crippen molar-refractivity contribution in [3.63, 3.8) is 0 Å². The fraction of sp³-hybridized carbons (Fsp3) is 0.889. The third kappa shape index (κ3) is 8.40. The number of ether oxygens (including phenoxy) is 2. The molecule has 0 aromatic carbocycles. The largest absolute Gasteiger partial charge is 0.466 e. The molecule has 1 fully saturated rings. The third-order valence-electron chi connectivity index (χ3n) is 4.23. The first kappa shape index (κ1) is 19.0. The van der Waals surface area contributed by atoms with Crippen LogP contribution >= 0.6 is 0 Å². The maximum Gasteiger partial charge on any atom is 0.306 e. The Hall–Kier alpha value is -1.06. The van der Waals surface area contributed by atoms with Crippen LogP contribution in [0.1, 0.15) is 78.6 Å². The second kappa shape index (κ2) is 10.6. The Kier molecular flexibility index (Phi) is 9.17. The molecule has 4 heteroatoms. The van der Waals surface area contributed by atoms with Crippen LogP contribution < -0.4 is 0 Å². The van der Waals surface area contributed by atoms with Gasteiger partial charge < -0.3 is 9.47 Å². The summed E-state index contributed by atoms with van der Waals surface area (Å²) in [5.41, 5.74) is 0. The van der Waals surface area contributed by atoms with Gasteiger partial charge in [0, 0.05) is 0 Å². The second-order valence-electron chi connectivity index (χ2n) is 6.81. The summed E-state index contributed by atoms with van der Waals surface area (Å²) in [4.78, 5) is 23.4. The molecule has 0 heterocycles. The van der Waals surface area contributed by atoms with E-state index in [-0.39, 0.29) is 30.9 Å². The lowest BCUT2D eigenvalue weighted by Gasteiger charge is -2.31. The average molecular weight is 312 g/mol. The number of hydrogen-bond donors (Lipinski definition) is 0. The minimum absolute atomic E-state index is 0.0244. The van der Waals surface area contributed by atoms with Gasteiger partial charge in [-0.05, 0) is 37.5 Å². The highest BCUT2D eigenvalue weighted by Crippen LogP contribution is 2.30. The van der Waals surface area contributed by atoms with Crippen molar-refractivity contribution < 1.29 is 19.1 Å². The Morgan fingerprint density at radius 1 is 0.909 bits per heavy atom. The van der Waals surface area contributed by atoms with Gasteiger partial charge in [-0.2, -0.15) is 0 Å². The van der Waals surface area contributed by atoms with E-state index < -0.39 is 0 Å². The zero-order valence-electron chi connectivity index (χ0n) is 14.4. The van der Waals surface area contributed by atoms with Crippen LogP contribution in [0.15, 0.2) is 0 Å². The first-order valence-electron chi connectivity index (χ1n) is 8.86. The monoisotopic (exact) mass is 312 g/mol. The minimum Gasteiger partial charge on any atom is -0.466 e. The van der Waals surface area contributed by atoms with Gasteiger partial charge in [-0.25, -0.2) is 0 Å². The fourth-order valence-corrected chi connectivity index (χ4v) is 3.21. The lowest BCUT2D eigenvalue weighted by atomic mass is 9.82. The van der Waals surface area contributed by atoms with E-state index >= 15 is 0 Å². The van der Waals surface area contributed by atoms with Crippen LogP contribution in [0.25, 0.3) is 0 Å². The molecule has 0 spiro atoms. The summed E-state index contributed by atoms with van der Waals surface area (Å²) in [5.74, 6) is 0.650. The van der Waals surface area contributed by atoms with Gasteiger partial charge in [0.1, 0.15) is 6.10 Å². The van der Waals surface area contributed by atoms with Crippen LogP contribution in [-0.4, -0.2) is 24.6 Å². The summed E-state index contributed by atoms with van der Waals surface area (Å²) in [5, 5.41) is 0. The number of carbonyl (C=O) groups is 2. The van der Waals surface area contributed by atoms with Gasteiger partial charge in [-0.15, -0.1) is 0 Å². The molecule has 0 radical (unpaired) electrons. The summed E-state index contributed by atoms with van der Waals surface area (Å²) in [6.07, 6.45) is 7.70. The number of unbranched alkanes of at least 4 members (excludes halogenated alkanes) is 3. The molecule has 1 rings (SSSR count). The van der Waals surface area contributed by atoms with Crippen molar-refractivity contribution >= 4 is 11.9 Å². The maximum absolute atomic E-state index is 11.8. The van der Waals surface area contributed by atoms with Gasteiger partial charge in [-0.3, -0.25) is 9.59 Å². The van der Waals surface area contributed by atoms with E-state index in [1.807, 2.05) is 0 Å². The molecule has 0 aromatic heterocycles. The van der Waals surface area contributed by atoms with E-state index in [4.69, 9.17) is 9.47 Å². The summed E-state index contributed by atoms with van der Waals surface area (Å²) in [6, 6.07) is 0. The van der Waals surface area contributed by atoms with Gasteiger partial charge in [0.2, 0.25) is 0 Å². The van der Waals surface area contributed by atoms with Gasteiger partial charge in [0.05, 0.1) is 19.4 Å². The van der Waals surface area contributed by atoms with Crippen LogP contribution in [0.3, 0.4) is 0 Å². The van der Waals surface area contributed by atoms with Crippen LogP contribution in [0.5, 0.6) is 0 Å². The predicted octanol–water partition coefficient (Wildman–Crippen LogP) is 4.26. The third-order valence-corrected chi connectivity index (χ3v) is 4.23. The van der Waals surface area contributed by atoms with Crippen molar-refractivity contribution in [3.05, 3.63) is 0 Å². The summed E-state index contributed by atoms with van der Waals surface area (Å²) in [7, 11) is 0. The van der Waals surface area contributed by atoms with Crippen LogP contribution in [0.4, 0.5) is 0 Å². The molecule has 1 aliphatic rings. The van der Waals surface area contributed by atoms with E-state index in [0.29, 0.717) is 18.4 Å². The fourth-order valence-electron chi connectivity index (χ4n) is 3.21. The predicted molar refractivity (Wildman–Crippen MR) is 86.4 cm³/mol. The van der Waals surface area contributed by atoms with Crippen molar-refractivity contribution in [3.8, 4) is 0 Å². The van der Waals surface area contributed by atoms with Crippen molar-refractivity contribution in [1.29, 1.82) is 0 Å².